The number of carbonyl (C=O) groups excluding carboxylic acids is 2. The number of hydrogen-bond donors (Lipinski definition) is 0. The van der Waals surface area contributed by atoms with Crippen LogP contribution in [-0.4, -0.2) is 80.2 Å². The number of anilines is 1. The van der Waals surface area contributed by atoms with E-state index in [4.69, 9.17) is 9.47 Å². The van der Waals surface area contributed by atoms with Gasteiger partial charge in [-0.3, -0.25) is 9.59 Å². The average Bonchev–Trinajstić information content (AvgIpc) is 3.50. The molecule has 4 aliphatic rings. The van der Waals surface area contributed by atoms with Gasteiger partial charge < -0.3 is 24.2 Å². The fourth-order valence-electron chi connectivity index (χ4n) is 7.51. The van der Waals surface area contributed by atoms with E-state index in [-0.39, 0.29) is 23.3 Å². The van der Waals surface area contributed by atoms with E-state index in [9.17, 15) is 9.59 Å². The Morgan fingerprint density at radius 3 is 2.50 bits per heavy atom. The molecule has 0 radical (unpaired) electrons. The maximum absolute atomic E-state index is 13.8. The van der Waals surface area contributed by atoms with Crippen LogP contribution in [0.1, 0.15) is 90.5 Å². The Labute approximate surface area is 251 Å². The molecule has 7 heteroatoms. The standard InChI is InChI=1S/C35H47N3O4/c1-27-29(13-9-14-31(27)36-19-6-2-7-20-36)33(39)37-22-17-35(18-23-37)16-5-8-24-41-25-28-11-10-21-38(28)34(40)30-12-3-4-15-32(30)42-26-35/h3-4,9,12-15,28H,2,5-8,10-11,16-26H2,1H3/t28-/m0/s1. The van der Waals surface area contributed by atoms with E-state index in [1.54, 1.807) is 0 Å². The van der Waals surface area contributed by atoms with E-state index in [0.29, 0.717) is 24.5 Å². The first-order valence-corrected chi connectivity index (χ1v) is 16.3. The Balaban J connectivity index is 1.16. The van der Waals surface area contributed by atoms with Crippen LogP contribution >= 0.6 is 0 Å². The molecule has 0 bridgehead atoms. The van der Waals surface area contributed by atoms with Crippen molar-refractivity contribution in [2.24, 2.45) is 5.41 Å². The van der Waals surface area contributed by atoms with Crippen molar-refractivity contribution in [3.05, 3.63) is 59.2 Å². The van der Waals surface area contributed by atoms with Gasteiger partial charge in [0.1, 0.15) is 5.75 Å². The molecule has 7 nitrogen and oxygen atoms in total. The van der Waals surface area contributed by atoms with Gasteiger partial charge in [0.05, 0.1) is 24.8 Å². The van der Waals surface area contributed by atoms with Crippen LogP contribution in [-0.2, 0) is 4.74 Å². The topological polar surface area (TPSA) is 62.3 Å². The van der Waals surface area contributed by atoms with E-state index in [0.717, 1.165) is 95.4 Å². The Morgan fingerprint density at radius 2 is 1.67 bits per heavy atom. The van der Waals surface area contributed by atoms with Crippen LogP contribution in [0.25, 0.3) is 0 Å². The molecule has 0 N–H and O–H groups in total. The van der Waals surface area contributed by atoms with Gasteiger partial charge >= 0.3 is 0 Å². The zero-order valence-corrected chi connectivity index (χ0v) is 25.3. The molecule has 42 heavy (non-hydrogen) atoms. The predicted molar refractivity (Wildman–Crippen MR) is 165 cm³/mol. The fraction of sp³-hybridized carbons (Fsp3) is 0.600. The van der Waals surface area contributed by atoms with Crippen LogP contribution in [0.15, 0.2) is 42.5 Å². The number of fused-ring (bicyclic) bond motifs is 2. The molecule has 226 valence electrons. The molecule has 0 aliphatic carbocycles. The van der Waals surface area contributed by atoms with E-state index < -0.39 is 0 Å². The smallest absolute Gasteiger partial charge is 0.257 e. The van der Waals surface area contributed by atoms with Gasteiger partial charge in [0.25, 0.3) is 11.8 Å². The van der Waals surface area contributed by atoms with Crippen LogP contribution in [0.5, 0.6) is 5.75 Å². The normalized spacial score (nSPS) is 23.6. The maximum atomic E-state index is 13.8. The summed E-state index contributed by atoms with van der Waals surface area (Å²) in [6.07, 6.45) is 10.7. The van der Waals surface area contributed by atoms with Crippen LogP contribution in [0, 0.1) is 12.3 Å². The van der Waals surface area contributed by atoms with E-state index in [1.165, 1.54) is 24.9 Å². The lowest BCUT2D eigenvalue weighted by molar-refractivity contribution is 0.0303. The third-order valence-corrected chi connectivity index (χ3v) is 10.2. The number of para-hydroxylation sites is 1. The van der Waals surface area contributed by atoms with E-state index >= 15 is 0 Å². The number of nitrogens with zero attached hydrogens (tertiary/aromatic N) is 3. The Morgan fingerprint density at radius 1 is 0.857 bits per heavy atom. The summed E-state index contributed by atoms with van der Waals surface area (Å²) in [5.41, 5.74) is 3.77. The quantitative estimate of drug-likeness (QED) is 0.435. The van der Waals surface area contributed by atoms with Crippen molar-refractivity contribution in [3.63, 3.8) is 0 Å². The molecule has 1 spiro atoms. The number of amides is 2. The third kappa shape index (κ3) is 6.17. The van der Waals surface area contributed by atoms with Crippen LogP contribution in [0.3, 0.4) is 0 Å². The molecular weight excluding hydrogens is 526 g/mol. The first-order valence-electron chi connectivity index (χ1n) is 16.3. The summed E-state index contributed by atoms with van der Waals surface area (Å²) in [4.78, 5) is 33.9. The van der Waals surface area contributed by atoms with Crippen LogP contribution in [0.2, 0.25) is 0 Å². The molecule has 0 unspecified atom stereocenters. The first kappa shape index (κ1) is 29.0. The Bertz CT molecular complexity index is 1250. The van der Waals surface area contributed by atoms with E-state index in [2.05, 4.69) is 17.9 Å². The van der Waals surface area contributed by atoms with Crippen molar-refractivity contribution in [3.8, 4) is 5.75 Å². The molecule has 6 rings (SSSR count). The molecule has 3 fully saturated rings. The molecule has 4 aliphatic heterocycles. The number of piperidine rings is 2. The summed E-state index contributed by atoms with van der Waals surface area (Å²) in [7, 11) is 0. The number of rotatable bonds is 2. The SMILES string of the molecule is Cc1c(C(=O)N2CCC3(CCCCOC[C@@H]4CCCN4C(=O)c4ccccc4OC3)CC2)cccc1N1CCCCC1. The van der Waals surface area contributed by atoms with Gasteiger partial charge in [-0.15, -0.1) is 0 Å². The molecule has 4 heterocycles. The second-order valence-electron chi connectivity index (χ2n) is 12.9. The van der Waals surface area contributed by atoms with Crippen molar-refractivity contribution < 1.29 is 19.1 Å². The molecular formula is C35H47N3O4. The summed E-state index contributed by atoms with van der Waals surface area (Å²) >= 11 is 0. The summed E-state index contributed by atoms with van der Waals surface area (Å²) in [6, 6.07) is 14.1. The second-order valence-corrected chi connectivity index (χ2v) is 12.9. The number of benzene rings is 2. The summed E-state index contributed by atoms with van der Waals surface area (Å²) in [5.74, 6) is 0.868. The highest BCUT2D eigenvalue weighted by atomic mass is 16.5. The summed E-state index contributed by atoms with van der Waals surface area (Å²) in [6.45, 7) is 8.37. The lowest BCUT2D eigenvalue weighted by Crippen LogP contribution is -2.46. The van der Waals surface area contributed by atoms with Crippen molar-refractivity contribution in [1.29, 1.82) is 0 Å². The molecule has 0 aromatic heterocycles. The highest BCUT2D eigenvalue weighted by Gasteiger charge is 2.38. The van der Waals surface area contributed by atoms with Crippen molar-refractivity contribution in [1.82, 2.24) is 9.80 Å². The maximum Gasteiger partial charge on any atom is 0.257 e. The number of hydrogen-bond acceptors (Lipinski definition) is 5. The minimum absolute atomic E-state index is 0.0298. The number of likely N-dealkylation sites (tertiary alicyclic amines) is 1. The Hall–Kier alpha value is -3.06. The third-order valence-electron chi connectivity index (χ3n) is 10.2. The molecule has 2 aromatic rings. The minimum Gasteiger partial charge on any atom is -0.492 e. The Kier molecular flexibility index (Phi) is 9.03. The number of carbonyl (C=O) groups is 2. The van der Waals surface area contributed by atoms with Crippen molar-refractivity contribution in [2.45, 2.75) is 77.2 Å². The molecule has 2 amide bonds. The summed E-state index contributed by atoms with van der Waals surface area (Å²) in [5, 5.41) is 0. The van der Waals surface area contributed by atoms with Crippen molar-refractivity contribution in [2.75, 3.05) is 57.4 Å². The second kappa shape index (κ2) is 13.1. The van der Waals surface area contributed by atoms with Crippen LogP contribution in [0.4, 0.5) is 5.69 Å². The van der Waals surface area contributed by atoms with Gasteiger partial charge in [0, 0.05) is 56.0 Å². The molecule has 3 saturated heterocycles. The van der Waals surface area contributed by atoms with Crippen molar-refractivity contribution >= 4 is 17.5 Å². The number of ether oxygens (including phenoxy) is 2. The molecule has 1 atom stereocenters. The first-order chi connectivity index (χ1) is 20.5. The van der Waals surface area contributed by atoms with Gasteiger partial charge in [-0.2, -0.15) is 0 Å². The van der Waals surface area contributed by atoms with Gasteiger partial charge in [-0.1, -0.05) is 24.6 Å². The lowest BCUT2D eigenvalue weighted by Gasteiger charge is -2.42. The van der Waals surface area contributed by atoms with Crippen LogP contribution < -0.4 is 9.64 Å². The minimum atomic E-state index is -0.0298. The van der Waals surface area contributed by atoms with Gasteiger partial charge in [-0.05, 0) is 94.5 Å². The zero-order chi connectivity index (χ0) is 28.9. The van der Waals surface area contributed by atoms with Gasteiger partial charge in [0.15, 0.2) is 0 Å². The monoisotopic (exact) mass is 573 g/mol. The highest BCUT2D eigenvalue weighted by Crippen LogP contribution is 2.39. The zero-order valence-electron chi connectivity index (χ0n) is 25.3. The largest absolute Gasteiger partial charge is 0.492 e. The molecule has 0 saturated carbocycles. The predicted octanol–water partition coefficient (Wildman–Crippen LogP) is 6.09. The molecule has 2 aromatic carbocycles. The van der Waals surface area contributed by atoms with Gasteiger partial charge in [0.2, 0.25) is 0 Å². The summed E-state index contributed by atoms with van der Waals surface area (Å²) < 4.78 is 12.6. The lowest BCUT2D eigenvalue weighted by atomic mass is 9.75. The highest BCUT2D eigenvalue weighted by molar-refractivity contribution is 5.98. The fourth-order valence-corrected chi connectivity index (χ4v) is 7.51. The average molecular weight is 574 g/mol. The van der Waals surface area contributed by atoms with Gasteiger partial charge in [-0.25, -0.2) is 0 Å². The van der Waals surface area contributed by atoms with E-state index in [1.807, 2.05) is 46.2 Å².